The molecule has 0 saturated carbocycles. The third-order valence-corrected chi connectivity index (χ3v) is 5.20. The van der Waals surface area contributed by atoms with Gasteiger partial charge < -0.3 is 15.4 Å². The van der Waals surface area contributed by atoms with Crippen molar-refractivity contribution in [3.63, 3.8) is 0 Å². The van der Waals surface area contributed by atoms with Crippen LogP contribution in [0.15, 0.2) is 64.8 Å². The Labute approximate surface area is 160 Å². The Hall–Kier alpha value is -2.96. The highest BCUT2D eigenvalue weighted by molar-refractivity contribution is 7.13. The second-order valence-electron chi connectivity index (χ2n) is 6.22. The molecule has 0 aliphatic carbocycles. The second-order valence-corrected chi connectivity index (χ2v) is 7.08. The molecule has 0 radical (unpaired) electrons. The molecule has 5 nitrogen and oxygen atoms in total. The van der Waals surface area contributed by atoms with Crippen LogP contribution in [0.25, 0.3) is 32.7 Å². The molecule has 27 heavy (non-hydrogen) atoms. The van der Waals surface area contributed by atoms with E-state index < -0.39 is 0 Å². The first-order valence-electron chi connectivity index (χ1n) is 8.78. The highest BCUT2D eigenvalue weighted by Crippen LogP contribution is 2.29. The summed E-state index contributed by atoms with van der Waals surface area (Å²) in [4.78, 5) is 20.1. The molecular formula is C21H19N3O2S. The Kier molecular flexibility index (Phi) is 5.00. The van der Waals surface area contributed by atoms with Gasteiger partial charge in [-0.05, 0) is 36.1 Å². The normalized spacial score (nSPS) is 11.0. The van der Waals surface area contributed by atoms with E-state index in [4.69, 9.17) is 5.11 Å². The molecule has 0 saturated heterocycles. The standard InChI is InChI=1S/C21H19N3O2S/c25-10-4-9-22-16-7-3-6-15(11-16)21-24-19(13-27-21)17-12-14-5-1-2-8-18(14)23-20(17)26/h1-3,5-8,11-13,22,25H,4,9-10H2,(H,23,26). The summed E-state index contributed by atoms with van der Waals surface area (Å²) in [5.41, 5.74) is 3.93. The number of rotatable bonds is 6. The van der Waals surface area contributed by atoms with Crippen molar-refractivity contribution in [3.05, 3.63) is 70.3 Å². The summed E-state index contributed by atoms with van der Waals surface area (Å²) < 4.78 is 0. The quantitative estimate of drug-likeness (QED) is 0.442. The van der Waals surface area contributed by atoms with Crippen LogP contribution in [-0.2, 0) is 0 Å². The molecule has 136 valence electrons. The van der Waals surface area contributed by atoms with E-state index in [0.717, 1.165) is 33.7 Å². The minimum Gasteiger partial charge on any atom is -0.396 e. The first-order valence-corrected chi connectivity index (χ1v) is 9.66. The number of aromatic amines is 1. The molecule has 0 bridgehead atoms. The van der Waals surface area contributed by atoms with Crippen molar-refractivity contribution in [2.45, 2.75) is 6.42 Å². The van der Waals surface area contributed by atoms with Crippen LogP contribution in [0.2, 0.25) is 0 Å². The summed E-state index contributed by atoms with van der Waals surface area (Å²) in [7, 11) is 0. The maximum atomic E-state index is 12.5. The Morgan fingerprint density at radius 3 is 2.89 bits per heavy atom. The number of thiazole rings is 1. The van der Waals surface area contributed by atoms with Gasteiger partial charge in [0.15, 0.2) is 0 Å². The van der Waals surface area contributed by atoms with Crippen molar-refractivity contribution in [3.8, 4) is 21.8 Å². The molecule has 2 aromatic heterocycles. The summed E-state index contributed by atoms with van der Waals surface area (Å²) in [5.74, 6) is 0. The van der Waals surface area contributed by atoms with Gasteiger partial charge in [0.05, 0.1) is 11.3 Å². The molecule has 0 aliphatic rings. The van der Waals surface area contributed by atoms with E-state index in [2.05, 4.69) is 15.3 Å². The summed E-state index contributed by atoms with van der Waals surface area (Å²) in [6.45, 7) is 0.887. The summed E-state index contributed by atoms with van der Waals surface area (Å²) in [6.07, 6.45) is 0.705. The van der Waals surface area contributed by atoms with Gasteiger partial charge in [-0.25, -0.2) is 4.98 Å². The van der Waals surface area contributed by atoms with Crippen LogP contribution in [0.4, 0.5) is 5.69 Å². The van der Waals surface area contributed by atoms with E-state index in [0.29, 0.717) is 17.7 Å². The molecule has 0 aliphatic heterocycles. The van der Waals surface area contributed by atoms with Crippen LogP contribution < -0.4 is 10.9 Å². The number of fused-ring (bicyclic) bond motifs is 1. The van der Waals surface area contributed by atoms with Crippen LogP contribution in [-0.4, -0.2) is 28.2 Å². The predicted molar refractivity (Wildman–Crippen MR) is 111 cm³/mol. The van der Waals surface area contributed by atoms with Gasteiger partial charge in [-0.2, -0.15) is 0 Å². The minimum atomic E-state index is -0.134. The number of aromatic nitrogens is 2. The number of nitrogens with zero attached hydrogens (tertiary/aromatic N) is 1. The van der Waals surface area contributed by atoms with Crippen molar-refractivity contribution >= 4 is 27.9 Å². The number of anilines is 1. The second kappa shape index (κ2) is 7.73. The smallest absolute Gasteiger partial charge is 0.257 e. The summed E-state index contributed by atoms with van der Waals surface area (Å²) >= 11 is 1.52. The number of hydrogen-bond acceptors (Lipinski definition) is 5. The average molecular weight is 377 g/mol. The van der Waals surface area contributed by atoms with Gasteiger partial charge in [-0.1, -0.05) is 30.3 Å². The fourth-order valence-corrected chi connectivity index (χ4v) is 3.76. The van der Waals surface area contributed by atoms with Crippen molar-refractivity contribution in [1.82, 2.24) is 9.97 Å². The monoisotopic (exact) mass is 377 g/mol. The molecule has 3 N–H and O–H groups in total. The molecule has 4 aromatic rings. The van der Waals surface area contributed by atoms with E-state index in [1.54, 1.807) is 0 Å². The molecular weight excluding hydrogens is 358 g/mol. The van der Waals surface area contributed by atoms with Crippen LogP contribution in [0, 0.1) is 0 Å². The van der Waals surface area contributed by atoms with Crippen molar-refractivity contribution < 1.29 is 5.11 Å². The van der Waals surface area contributed by atoms with E-state index >= 15 is 0 Å². The highest BCUT2D eigenvalue weighted by atomic mass is 32.1. The van der Waals surface area contributed by atoms with Crippen molar-refractivity contribution in [2.24, 2.45) is 0 Å². The Morgan fingerprint density at radius 1 is 1.11 bits per heavy atom. The van der Waals surface area contributed by atoms with Gasteiger partial charge in [0.25, 0.3) is 5.56 Å². The average Bonchev–Trinajstić information content (AvgIpc) is 3.18. The van der Waals surface area contributed by atoms with Crippen molar-refractivity contribution in [1.29, 1.82) is 0 Å². The third kappa shape index (κ3) is 3.77. The predicted octanol–water partition coefficient (Wildman–Crippen LogP) is 4.11. The lowest BCUT2D eigenvalue weighted by Crippen LogP contribution is -2.08. The number of benzene rings is 2. The molecule has 2 aromatic carbocycles. The number of aliphatic hydroxyl groups excluding tert-OH is 1. The van der Waals surface area contributed by atoms with Crippen LogP contribution in [0.3, 0.4) is 0 Å². The Balaban J connectivity index is 1.65. The lowest BCUT2D eigenvalue weighted by Gasteiger charge is -2.06. The number of para-hydroxylation sites is 1. The largest absolute Gasteiger partial charge is 0.396 e. The van der Waals surface area contributed by atoms with Gasteiger partial charge in [0.1, 0.15) is 5.01 Å². The van der Waals surface area contributed by atoms with Gasteiger partial charge >= 0.3 is 0 Å². The molecule has 2 heterocycles. The Morgan fingerprint density at radius 2 is 2.00 bits per heavy atom. The molecule has 0 atom stereocenters. The number of H-pyrrole nitrogens is 1. The zero-order valence-corrected chi connectivity index (χ0v) is 15.4. The van der Waals surface area contributed by atoms with Gasteiger partial charge in [-0.3, -0.25) is 4.79 Å². The van der Waals surface area contributed by atoms with Crippen LogP contribution >= 0.6 is 11.3 Å². The number of hydrogen-bond donors (Lipinski definition) is 3. The first kappa shape index (κ1) is 17.5. The SMILES string of the molecule is O=c1[nH]c2ccccc2cc1-c1csc(-c2cccc(NCCCO)c2)n1. The van der Waals surface area contributed by atoms with E-state index in [-0.39, 0.29) is 12.2 Å². The molecule has 0 fully saturated rings. The van der Waals surface area contributed by atoms with E-state index in [1.165, 1.54) is 11.3 Å². The van der Waals surface area contributed by atoms with Gasteiger partial charge in [0.2, 0.25) is 0 Å². The summed E-state index contributed by atoms with van der Waals surface area (Å²) in [5, 5.41) is 15.9. The summed E-state index contributed by atoms with van der Waals surface area (Å²) in [6, 6.07) is 17.6. The zero-order valence-electron chi connectivity index (χ0n) is 14.6. The fourth-order valence-electron chi connectivity index (χ4n) is 2.94. The van der Waals surface area contributed by atoms with Gasteiger partial charge in [0, 0.05) is 35.3 Å². The van der Waals surface area contributed by atoms with Crippen molar-refractivity contribution in [2.75, 3.05) is 18.5 Å². The first-order chi connectivity index (χ1) is 13.2. The lowest BCUT2D eigenvalue weighted by atomic mass is 10.1. The molecule has 0 unspecified atom stereocenters. The number of aliphatic hydroxyl groups is 1. The molecule has 4 rings (SSSR count). The third-order valence-electron chi connectivity index (χ3n) is 4.31. The molecule has 0 amide bonds. The number of pyridine rings is 1. The highest BCUT2D eigenvalue weighted by Gasteiger charge is 2.11. The maximum Gasteiger partial charge on any atom is 0.257 e. The topological polar surface area (TPSA) is 78.0 Å². The molecule has 0 spiro atoms. The maximum absolute atomic E-state index is 12.5. The van der Waals surface area contributed by atoms with Gasteiger partial charge in [-0.15, -0.1) is 11.3 Å². The van der Waals surface area contributed by atoms with E-state index in [9.17, 15) is 4.79 Å². The lowest BCUT2D eigenvalue weighted by molar-refractivity contribution is 0.292. The van der Waals surface area contributed by atoms with Crippen LogP contribution in [0.5, 0.6) is 0 Å². The Bertz CT molecular complexity index is 1130. The van der Waals surface area contributed by atoms with E-state index in [1.807, 2.05) is 60.0 Å². The minimum absolute atomic E-state index is 0.134. The molecule has 6 heteroatoms. The van der Waals surface area contributed by atoms with Crippen LogP contribution in [0.1, 0.15) is 6.42 Å². The number of nitrogens with one attached hydrogen (secondary N) is 2. The zero-order chi connectivity index (χ0) is 18.6. The fraction of sp³-hybridized carbons (Fsp3) is 0.143.